The number of benzene rings is 2. The monoisotopic (exact) mass is 415 g/mol. The summed E-state index contributed by atoms with van der Waals surface area (Å²) in [5, 5.41) is 3.34. The van der Waals surface area contributed by atoms with Gasteiger partial charge in [-0.05, 0) is 55.2 Å². The smallest absolute Gasteiger partial charge is 0.255 e. The molecule has 0 aliphatic carbocycles. The predicted molar refractivity (Wildman–Crippen MR) is 117 cm³/mol. The lowest BCUT2D eigenvalue weighted by Crippen LogP contribution is -2.47. The van der Waals surface area contributed by atoms with Gasteiger partial charge in [0.25, 0.3) is 5.91 Å². The van der Waals surface area contributed by atoms with Gasteiger partial charge in [-0.25, -0.2) is 4.39 Å². The Hall–Kier alpha value is -2.38. The second kappa shape index (κ2) is 8.32. The third kappa shape index (κ3) is 3.77. The third-order valence-electron chi connectivity index (χ3n) is 4.94. The summed E-state index contributed by atoms with van der Waals surface area (Å²) in [4.78, 5) is 18.0. The molecule has 146 valence electrons. The van der Waals surface area contributed by atoms with Crippen molar-refractivity contribution in [3.05, 3.63) is 71.2 Å². The molecule has 0 fully saturated rings. The molecule has 0 aromatic heterocycles. The van der Waals surface area contributed by atoms with Gasteiger partial charge >= 0.3 is 0 Å². The first-order chi connectivity index (χ1) is 13.3. The van der Waals surface area contributed by atoms with E-state index >= 15 is 0 Å². The number of nitrogens with one attached hydrogen (secondary N) is 1. The summed E-state index contributed by atoms with van der Waals surface area (Å²) in [6.45, 7) is 1.86. The fraction of sp³-hybridized carbons (Fsp3) is 0.238. The highest BCUT2D eigenvalue weighted by atomic mass is 32.2. The van der Waals surface area contributed by atoms with Gasteiger partial charge in [0.05, 0.1) is 17.3 Å². The van der Waals surface area contributed by atoms with Gasteiger partial charge in [0, 0.05) is 24.7 Å². The molecule has 0 bridgehead atoms. The van der Waals surface area contributed by atoms with Gasteiger partial charge in [-0.2, -0.15) is 0 Å². The van der Waals surface area contributed by atoms with E-state index in [1.54, 1.807) is 34.9 Å². The maximum Gasteiger partial charge on any atom is 0.255 e. The molecule has 2 aromatic rings. The first kappa shape index (κ1) is 20.4. The molecule has 4 nitrogen and oxygen atoms in total. The van der Waals surface area contributed by atoms with E-state index in [1.165, 1.54) is 6.07 Å². The number of carbonyl (C=O) groups excluding carboxylic acids is 1. The average Bonchev–Trinajstić information content (AvgIpc) is 2.70. The molecular weight excluding hydrogens is 393 g/mol. The molecule has 0 saturated carbocycles. The Bertz CT molecular complexity index is 943. The molecule has 3 rings (SSSR count). The Kier molecular flexibility index (Phi) is 6.05. The zero-order valence-electron chi connectivity index (χ0n) is 16.2. The minimum absolute atomic E-state index is 0.155. The van der Waals surface area contributed by atoms with Gasteiger partial charge in [0.2, 0.25) is 0 Å². The van der Waals surface area contributed by atoms with Crippen LogP contribution < -0.4 is 5.32 Å². The van der Waals surface area contributed by atoms with Crippen LogP contribution in [-0.4, -0.2) is 41.2 Å². The molecule has 1 aliphatic heterocycles. The highest BCUT2D eigenvalue weighted by molar-refractivity contribution is 7.98. The number of anilines is 1. The maximum absolute atomic E-state index is 14.1. The standard InChI is InChI=1S/C21H22FN3OS2/c1-13-18(20(26)23-17-8-6-5-7-16(17)22)19(25(3)21(27)24(13)2)14-9-11-15(28-4)12-10-14/h5-12,19H,1-4H3,(H,23,26). The van der Waals surface area contributed by atoms with Crippen LogP contribution in [0.15, 0.2) is 64.7 Å². The van der Waals surface area contributed by atoms with Crippen LogP contribution in [0.25, 0.3) is 0 Å². The van der Waals surface area contributed by atoms with Gasteiger partial charge < -0.3 is 15.1 Å². The van der Waals surface area contributed by atoms with Crippen LogP contribution in [0.2, 0.25) is 0 Å². The molecule has 1 atom stereocenters. The number of carbonyl (C=O) groups is 1. The Balaban J connectivity index is 2.05. The van der Waals surface area contributed by atoms with Crippen molar-refractivity contribution in [2.45, 2.75) is 17.9 Å². The SMILES string of the molecule is CSc1ccc(C2C(C(=O)Nc3ccccc3F)=C(C)N(C)C(=S)N2C)cc1. The summed E-state index contributed by atoms with van der Waals surface area (Å²) in [6, 6.07) is 13.9. The van der Waals surface area contributed by atoms with Gasteiger partial charge in [-0.1, -0.05) is 24.3 Å². The summed E-state index contributed by atoms with van der Waals surface area (Å²) in [6.07, 6.45) is 2.02. The Morgan fingerprint density at radius 2 is 1.79 bits per heavy atom. The van der Waals surface area contributed by atoms with E-state index in [-0.39, 0.29) is 17.6 Å². The van der Waals surface area contributed by atoms with Crippen LogP contribution in [0.3, 0.4) is 0 Å². The number of thiocarbonyl (C=S) groups is 1. The van der Waals surface area contributed by atoms with Crippen LogP contribution in [-0.2, 0) is 4.79 Å². The first-order valence-electron chi connectivity index (χ1n) is 8.76. The zero-order valence-corrected chi connectivity index (χ0v) is 17.8. The van der Waals surface area contributed by atoms with E-state index < -0.39 is 5.82 Å². The van der Waals surface area contributed by atoms with Crippen LogP contribution in [0.4, 0.5) is 10.1 Å². The average molecular weight is 416 g/mol. The van der Waals surface area contributed by atoms with E-state index in [0.29, 0.717) is 10.7 Å². The zero-order chi connectivity index (χ0) is 20.4. The number of hydrogen-bond donors (Lipinski definition) is 1. The van der Waals surface area contributed by atoms with Crippen LogP contribution in [0.1, 0.15) is 18.5 Å². The van der Waals surface area contributed by atoms with Crippen molar-refractivity contribution in [3.8, 4) is 0 Å². The van der Waals surface area contributed by atoms with Crippen molar-refractivity contribution in [3.63, 3.8) is 0 Å². The largest absolute Gasteiger partial charge is 0.340 e. The second-order valence-electron chi connectivity index (χ2n) is 6.56. The van der Waals surface area contributed by atoms with E-state index in [0.717, 1.165) is 16.2 Å². The van der Waals surface area contributed by atoms with Gasteiger partial charge in [-0.3, -0.25) is 4.79 Å². The lowest BCUT2D eigenvalue weighted by atomic mass is 9.93. The van der Waals surface area contributed by atoms with Crippen LogP contribution >= 0.6 is 24.0 Å². The van der Waals surface area contributed by atoms with Crippen LogP contribution in [0, 0.1) is 5.82 Å². The molecule has 0 radical (unpaired) electrons. The summed E-state index contributed by atoms with van der Waals surface area (Å²) in [7, 11) is 3.70. The second-order valence-corrected chi connectivity index (χ2v) is 7.81. The number of allylic oxidation sites excluding steroid dienone is 1. The minimum atomic E-state index is -0.469. The molecule has 2 aromatic carbocycles. The van der Waals surface area contributed by atoms with E-state index in [9.17, 15) is 9.18 Å². The van der Waals surface area contributed by atoms with Crippen molar-refractivity contribution < 1.29 is 9.18 Å². The number of rotatable bonds is 4. The summed E-state index contributed by atoms with van der Waals surface area (Å²) in [5.41, 5.74) is 2.39. The van der Waals surface area contributed by atoms with Gasteiger partial charge in [0.1, 0.15) is 5.82 Å². The number of halogens is 1. The molecule has 1 amide bonds. The third-order valence-corrected chi connectivity index (χ3v) is 6.25. The minimum Gasteiger partial charge on any atom is -0.340 e. The summed E-state index contributed by atoms with van der Waals surface area (Å²) in [5.74, 6) is -0.814. The summed E-state index contributed by atoms with van der Waals surface area (Å²) >= 11 is 7.22. The molecule has 0 saturated heterocycles. The predicted octanol–water partition coefficient (Wildman–Crippen LogP) is 4.66. The van der Waals surface area contributed by atoms with Crippen molar-refractivity contribution >= 4 is 40.7 Å². The fourth-order valence-corrected chi connectivity index (χ4v) is 3.93. The van der Waals surface area contributed by atoms with Crippen molar-refractivity contribution in [1.29, 1.82) is 0 Å². The highest BCUT2D eigenvalue weighted by Gasteiger charge is 2.36. The molecule has 0 spiro atoms. The van der Waals surface area contributed by atoms with E-state index in [2.05, 4.69) is 5.32 Å². The van der Waals surface area contributed by atoms with Crippen molar-refractivity contribution in [2.75, 3.05) is 25.7 Å². The molecular formula is C21H22FN3OS2. The number of likely N-dealkylation sites (N-methyl/N-ethyl adjacent to an activating group) is 1. The van der Waals surface area contributed by atoms with Crippen LogP contribution in [0.5, 0.6) is 0 Å². The molecule has 1 N–H and O–H groups in total. The molecule has 28 heavy (non-hydrogen) atoms. The number of para-hydroxylation sites is 1. The maximum atomic E-state index is 14.1. The lowest BCUT2D eigenvalue weighted by Gasteiger charge is -2.42. The number of thioether (sulfide) groups is 1. The number of nitrogens with zero attached hydrogens (tertiary/aromatic N) is 2. The lowest BCUT2D eigenvalue weighted by molar-refractivity contribution is -0.113. The Morgan fingerprint density at radius 3 is 2.39 bits per heavy atom. The number of hydrogen-bond acceptors (Lipinski definition) is 3. The molecule has 7 heteroatoms. The molecule has 1 aliphatic rings. The normalized spacial score (nSPS) is 17.2. The molecule has 1 unspecified atom stereocenters. The van der Waals surface area contributed by atoms with Crippen molar-refractivity contribution in [2.24, 2.45) is 0 Å². The first-order valence-corrected chi connectivity index (χ1v) is 10.4. The van der Waals surface area contributed by atoms with E-state index in [1.807, 2.05) is 56.4 Å². The number of amides is 1. The topological polar surface area (TPSA) is 35.6 Å². The Morgan fingerprint density at radius 1 is 1.14 bits per heavy atom. The summed E-state index contributed by atoms with van der Waals surface area (Å²) < 4.78 is 14.1. The fourth-order valence-electron chi connectivity index (χ4n) is 3.28. The van der Waals surface area contributed by atoms with Crippen molar-refractivity contribution in [1.82, 2.24) is 9.80 Å². The quantitative estimate of drug-likeness (QED) is 0.580. The van der Waals surface area contributed by atoms with Gasteiger partial charge in [0.15, 0.2) is 5.11 Å². The van der Waals surface area contributed by atoms with Gasteiger partial charge in [-0.15, -0.1) is 11.8 Å². The highest BCUT2D eigenvalue weighted by Crippen LogP contribution is 2.37. The Labute approximate surface area is 174 Å². The van der Waals surface area contributed by atoms with E-state index in [4.69, 9.17) is 12.2 Å². The molecule has 1 heterocycles.